The van der Waals surface area contributed by atoms with Crippen molar-refractivity contribution in [3.8, 4) is 0 Å². The molecule has 0 spiro atoms. The number of carbonyl (C=O) groups excluding carboxylic acids is 1. The van der Waals surface area contributed by atoms with Crippen molar-refractivity contribution in [1.82, 2.24) is 4.98 Å². The topological polar surface area (TPSA) is 39.2 Å². The highest BCUT2D eigenvalue weighted by Crippen LogP contribution is 2.34. The fraction of sp³-hybridized carbons (Fsp3) is 0.714. The maximum Gasteiger partial charge on any atom is 0.311 e. The van der Waals surface area contributed by atoms with Gasteiger partial charge in [-0.25, -0.2) is 0 Å². The van der Waals surface area contributed by atoms with Crippen molar-refractivity contribution < 1.29 is 9.53 Å². The standard InChI is InChI=1S/C21H35NO2/c1-5-7-8-9-10-13-16-24-20(23)21(3,4)17-18(6-2)19-14-11-12-15-22-19/h11-12,14-15,18H,5-10,13,16-17H2,1-4H3. The Morgan fingerprint density at radius 1 is 1.12 bits per heavy atom. The second-order valence-corrected chi connectivity index (χ2v) is 7.35. The number of unbranched alkanes of at least 4 members (excludes halogenated alkanes) is 5. The number of rotatable bonds is 12. The van der Waals surface area contributed by atoms with Crippen LogP contribution in [0.1, 0.15) is 90.7 Å². The van der Waals surface area contributed by atoms with Gasteiger partial charge in [-0.2, -0.15) is 0 Å². The first kappa shape index (κ1) is 20.7. The van der Waals surface area contributed by atoms with Crippen LogP contribution in [0.3, 0.4) is 0 Å². The van der Waals surface area contributed by atoms with Gasteiger partial charge in [-0.15, -0.1) is 0 Å². The first-order valence-corrected chi connectivity index (χ1v) is 9.59. The Hall–Kier alpha value is -1.38. The molecule has 0 bridgehead atoms. The lowest BCUT2D eigenvalue weighted by atomic mass is 9.80. The van der Waals surface area contributed by atoms with E-state index in [2.05, 4.69) is 18.8 Å². The number of carbonyl (C=O) groups is 1. The molecule has 1 aromatic heterocycles. The summed E-state index contributed by atoms with van der Waals surface area (Å²) < 4.78 is 5.54. The predicted octanol–water partition coefficient (Wildman–Crippen LogP) is 5.90. The van der Waals surface area contributed by atoms with Gasteiger partial charge in [-0.1, -0.05) is 52.0 Å². The highest BCUT2D eigenvalue weighted by Gasteiger charge is 2.32. The third-order valence-corrected chi connectivity index (χ3v) is 4.64. The molecular formula is C21H35NO2. The molecule has 0 aromatic carbocycles. The summed E-state index contributed by atoms with van der Waals surface area (Å²) in [7, 11) is 0. The van der Waals surface area contributed by atoms with Crippen LogP contribution >= 0.6 is 0 Å². The van der Waals surface area contributed by atoms with Crippen molar-refractivity contribution in [3.63, 3.8) is 0 Å². The molecule has 1 unspecified atom stereocenters. The summed E-state index contributed by atoms with van der Waals surface area (Å²) in [5.41, 5.74) is 0.595. The van der Waals surface area contributed by atoms with E-state index in [1.165, 1.54) is 25.7 Å². The minimum atomic E-state index is -0.472. The molecule has 0 fully saturated rings. The van der Waals surface area contributed by atoms with Gasteiger partial charge in [0.2, 0.25) is 0 Å². The number of esters is 1. The fourth-order valence-electron chi connectivity index (χ4n) is 3.02. The fourth-order valence-corrected chi connectivity index (χ4v) is 3.02. The number of hydrogen-bond acceptors (Lipinski definition) is 3. The number of nitrogens with zero attached hydrogens (tertiary/aromatic N) is 1. The van der Waals surface area contributed by atoms with Gasteiger partial charge in [0, 0.05) is 17.8 Å². The summed E-state index contributed by atoms with van der Waals surface area (Å²) in [6, 6.07) is 5.98. The summed E-state index contributed by atoms with van der Waals surface area (Å²) in [5.74, 6) is 0.216. The van der Waals surface area contributed by atoms with Crippen molar-refractivity contribution in [1.29, 1.82) is 0 Å². The van der Waals surface area contributed by atoms with E-state index in [0.29, 0.717) is 12.5 Å². The van der Waals surface area contributed by atoms with Crippen molar-refractivity contribution in [2.24, 2.45) is 5.41 Å². The summed E-state index contributed by atoms with van der Waals surface area (Å²) >= 11 is 0. The lowest BCUT2D eigenvalue weighted by Gasteiger charge is -2.27. The van der Waals surface area contributed by atoms with E-state index >= 15 is 0 Å². The molecule has 0 N–H and O–H groups in total. The van der Waals surface area contributed by atoms with Gasteiger partial charge < -0.3 is 4.74 Å². The lowest BCUT2D eigenvalue weighted by Crippen LogP contribution is -2.29. The van der Waals surface area contributed by atoms with Crippen LogP contribution in [0.2, 0.25) is 0 Å². The highest BCUT2D eigenvalue weighted by molar-refractivity contribution is 5.76. The number of aromatic nitrogens is 1. The Morgan fingerprint density at radius 3 is 2.46 bits per heavy atom. The van der Waals surface area contributed by atoms with Crippen molar-refractivity contribution >= 4 is 5.97 Å². The number of ether oxygens (including phenoxy) is 1. The molecule has 1 atom stereocenters. The summed E-state index contributed by atoms with van der Waals surface area (Å²) in [5, 5.41) is 0. The average molecular weight is 334 g/mol. The SMILES string of the molecule is CCCCCCCCOC(=O)C(C)(C)CC(CC)c1ccccn1. The molecule has 3 heteroatoms. The largest absolute Gasteiger partial charge is 0.465 e. The van der Waals surface area contributed by atoms with Crippen LogP contribution in [0.25, 0.3) is 0 Å². The minimum Gasteiger partial charge on any atom is -0.465 e. The molecule has 1 heterocycles. The summed E-state index contributed by atoms with van der Waals surface area (Å²) in [6.07, 6.45) is 10.8. The molecule has 0 saturated heterocycles. The van der Waals surface area contributed by atoms with Crippen LogP contribution in [-0.2, 0) is 9.53 Å². The molecular weight excluding hydrogens is 298 g/mol. The van der Waals surface area contributed by atoms with Crippen LogP contribution < -0.4 is 0 Å². The molecule has 1 aromatic rings. The molecule has 136 valence electrons. The van der Waals surface area contributed by atoms with Gasteiger partial charge in [0.25, 0.3) is 0 Å². The molecule has 24 heavy (non-hydrogen) atoms. The number of pyridine rings is 1. The molecule has 0 aliphatic carbocycles. The zero-order valence-corrected chi connectivity index (χ0v) is 16.0. The van der Waals surface area contributed by atoms with Crippen molar-refractivity contribution in [2.75, 3.05) is 6.61 Å². The second kappa shape index (κ2) is 11.2. The minimum absolute atomic E-state index is 0.0783. The Bertz CT molecular complexity index is 456. The Balaban J connectivity index is 2.38. The molecule has 0 aliphatic rings. The van der Waals surface area contributed by atoms with E-state index in [-0.39, 0.29) is 5.97 Å². The van der Waals surface area contributed by atoms with Gasteiger partial charge >= 0.3 is 5.97 Å². The van der Waals surface area contributed by atoms with Gasteiger partial charge in [-0.05, 0) is 45.2 Å². The third-order valence-electron chi connectivity index (χ3n) is 4.64. The van der Waals surface area contributed by atoms with Gasteiger partial charge in [-0.3, -0.25) is 9.78 Å². The first-order chi connectivity index (χ1) is 11.5. The van der Waals surface area contributed by atoms with Crippen LogP contribution in [0, 0.1) is 5.41 Å². The van der Waals surface area contributed by atoms with Crippen LogP contribution in [-0.4, -0.2) is 17.6 Å². The average Bonchev–Trinajstić information content (AvgIpc) is 2.59. The number of hydrogen-bond donors (Lipinski definition) is 0. The first-order valence-electron chi connectivity index (χ1n) is 9.59. The van der Waals surface area contributed by atoms with Gasteiger partial charge in [0.15, 0.2) is 0 Å². The third kappa shape index (κ3) is 7.46. The zero-order chi connectivity index (χ0) is 17.8. The van der Waals surface area contributed by atoms with Crippen LogP contribution in [0.15, 0.2) is 24.4 Å². The summed E-state index contributed by atoms with van der Waals surface area (Å²) in [4.78, 5) is 16.9. The second-order valence-electron chi connectivity index (χ2n) is 7.35. The normalized spacial score (nSPS) is 12.8. The van der Waals surface area contributed by atoms with E-state index in [0.717, 1.165) is 31.4 Å². The molecule has 0 saturated carbocycles. The monoisotopic (exact) mass is 333 g/mol. The van der Waals surface area contributed by atoms with E-state index in [4.69, 9.17) is 4.74 Å². The lowest BCUT2D eigenvalue weighted by molar-refractivity contribution is -0.154. The smallest absolute Gasteiger partial charge is 0.311 e. The van der Waals surface area contributed by atoms with E-state index in [1.54, 1.807) is 0 Å². The molecule has 0 amide bonds. The predicted molar refractivity (Wildman–Crippen MR) is 100 cm³/mol. The quantitative estimate of drug-likeness (QED) is 0.353. The van der Waals surface area contributed by atoms with Gasteiger partial charge in [0.1, 0.15) is 0 Å². The molecule has 1 rings (SSSR count). The Labute approximate surface area is 148 Å². The van der Waals surface area contributed by atoms with Crippen molar-refractivity contribution in [2.45, 2.75) is 85.0 Å². The maximum atomic E-state index is 12.4. The van der Waals surface area contributed by atoms with Gasteiger partial charge in [0.05, 0.1) is 12.0 Å². The molecule has 3 nitrogen and oxygen atoms in total. The van der Waals surface area contributed by atoms with E-state index < -0.39 is 5.41 Å². The Kier molecular flexibility index (Phi) is 9.66. The van der Waals surface area contributed by atoms with E-state index in [9.17, 15) is 4.79 Å². The van der Waals surface area contributed by atoms with Crippen molar-refractivity contribution in [3.05, 3.63) is 30.1 Å². The maximum absolute atomic E-state index is 12.4. The zero-order valence-electron chi connectivity index (χ0n) is 16.0. The van der Waals surface area contributed by atoms with Crippen LogP contribution in [0.4, 0.5) is 0 Å². The molecule has 0 aliphatic heterocycles. The highest BCUT2D eigenvalue weighted by atomic mass is 16.5. The Morgan fingerprint density at radius 2 is 1.83 bits per heavy atom. The van der Waals surface area contributed by atoms with Crippen LogP contribution in [0.5, 0.6) is 0 Å². The molecule has 0 radical (unpaired) electrons. The van der Waals surface area contributed by atoms with E-state index in [1.807, 2.05) is 38.2 Å². The summed E-state index contributed by atoms with van der Waals surface area (Å²) in [6.45, 7) is 8.90.